The zero-order valence-electron chi connectivity index (χ0n) is 12.2. The lowest BCUT2D eigenvalue weighted by molar-refractivity contribution is 0.102. The van der Waals surface area contributed by atoms with Gasteiger partial charge in [-0.2, -0.15) is 0 Å². The first-order valence-corrected chi connectivity index (χ1v) is 7.76. The van der Waals surface area contributed by atoms with Crippen LogP contribution >= 0.6 is 0 Å². The number of fused-ring (bicyclic) bond motifs is 1. The highest BCUT2D eigenvalue weighted by Gasteiger charge is 2.36. The molecule has 0 aromatic heterocycles. The molecule has 2 aliphatic rings. The predicted molar refractivity (Wildman–Crippen MR) is 78.9 cm³/mol. The van der Waals surface area contributed by atoms with Crippen molar-refractivity contribution >= 4 is 0 Å². The Balaban J connectivity index is 1.38. The number of nitrogens with zero attached hydrogens (tertiary/aromatic N) is 1. The first-order chi connectivity index (χ1) is 10.2. The molecular formula is C16H23FN2O2. The van der Waals surface area contributed by atoms with Gasteiger partial charge in [0, 0.05) is 25.2 Å². The molecule has 2 aliphatic heterocycles. The highest BCUT2D eigenvalue weighted by atomic mass is 19.1. The van der Waals surface area contributed by atoms with Crippen molar-refractivity contribution in [1.29, 1.82) is 0 Å². The molecule has 2 saturated heterocycles. The Hall–Kier alpha value is -1.17. The van der Waals surface area contributed by atoms with Gasteiger partial charge in [-0.1, -0.05) is 0 Å². The van der Waals surface area contributed by atoms with Gasteiger partial charge in [0.2, 0.25) is 0 Å². The van der Waals surface area contributed by atoms with Crippen LogP contribution in [0.2, 0.25) is 0 Å². The number of hydrogen-bond donors (Lipinski definition) is 2. The Morgan fingerprint density at radius 3 is 2.90 bits per heavy atom. The first-order valence-electron chi connectivity index (χ1n) is 7.76. The monoisotopic (exact) mass is 294 g/mol. The van der Waals surface area contributed by atoms with Gasteiger partial charge >= 0.3 is 0 Å². The van der Waals surface area contributed by atoms with E-state index >= 15 is 0 Å². The normalized spacial score (nSPS) is 26.8. The molecule has 4 nitrogen and oxygen atoms in total. The number of halogens is 1. The number of nitrogens with one attached hydrogen (secondary N) is 1. The topological polar surface area (TPSA) is 44.7 Å². The Kier molecular flexibility index (Phi) is 4.73. The lowest BCUT2D eigenvalue weighted by atomic mass is 10.1. The van der Waals surface area contributed by atoms with Crippen LogP contribution in [-0.4, -0.2) is 54.4 Å². The number of benzene rings is 1. The first kappa shape index (κ1) is 14.8. The van der Waals surface area contributed by atoms with Crippen LogP contribution in [0.25, 0.3) is 0 Å². The largest absolute Gasteiger partial charge is 0.491 e. The average molecular weight is 294 g/mol. The summed E-state index contributed by atoms with van der Waals surface area (Å²) in [4.78, 5) is 2.54. The predicted octanol–water partition coefficient (Wildman–Crippen LogP) is 1.39. The van der Waals surface area contributed by atoms with Gasteiger partial charge in [0.1, 0.15) is 24.3 Å². The van der Waals surface area contributed by atoms with E-state index in [-0.39, 0.29) is 12.4 Å². The highest BCUT2D eigenvalue weighted by molar-refractivity contribution is 5.22. The molecule has 0 amide bonds. The Morgan fingerprint density at radius 1 is 1.29 bits per heavy atom. The SMILES string of the molecule is OC(CNC1CCN2CCCC12)COc1ccc(F)cc1. The van der Waals surface area contributed by atoms with Gasteiger partial charge in [0.25, 0.3) is 0 Å². The van der Waals surface area contributed by atoms with E-state index in [0.29, 0.717) is 24.4 Å². The van der Waals surface area contributed by atoms with Crippen molar-refractivity contribution in [2.45, 2.75) is 37.5 Å². The van der Waals surface area contributed by atoms with Crippen LogP contribution in [0.15, 0.2) is 24.3 Å². The maximum Gasteiger partial charge on any atom is 0.123 e. The molecule has 2 N–H and O–H groups in total. The zero-order chi connectivity index (χ0) is 14.7. The second-order valence-corrected chi connectivity index (χ2v) is 5.97. The summed E-state index contributed by atoms with van der Waals surface area (Å²) in [6, 6.07) is 7.00. The molecule has 1 aromatic rings. The van der Waals surface area contributed by atoms with Gasteiger partial charge in [-0.25, -0.2) is 4.39 Å². The summed E-state index contributed by atoms with van der Waals surface area (Å²) in [6.45, 7) is 3.15. The summed E-state index contributed by atoms with van der Waals surface area (Å²) >= 11 is 0. The molecule has 0 saturated carbocycles. The van der Waals surface area contributed by atoms with E-state index in [9.17, 15) is 9.50 Å². The molecule has 5 heteroatoms. The summed E-state index contributed by atoms with van der Waals surface area (Å²) in [5, 5.41) is 13.5. The van der Waals surface area contributed by atoms with Crippen LogP contribution in [0.4, 0.5) is 4.39 Å². The number of rotatable bonds is 6. The standard InChI is InChI=1S/C16H23FN2O2/c17-12-3-5-14(6-4-12)21-11-13(20)10-18-15-7-9-19-8-1-2-16(15)19/h3-6,13,15-16,18,20H,1-2,7-11H2. The highest BCUT2D eigenvalue weighted by Crippen LogP contribution is 2.27. The van der Waals surface area contributed by atoms with E-state index < -0.39 is 6.10 Å². The molecule has 2 heterocycles. The van der Waals surface area contributed by atoms with Gasteiger partial charge in [-0.05, 0) is 50.1 Å². The molecule has 2 fully saturated rings. The second-order valence-electron chi connectivity index (χ2n) is 5.97. The van der Waals surface area contributed by atoms with E-state index in [0.717, 1.165) is 6.42 Å². The van der Waals surface area contributed by atoms with E-state index in [1.807, 2.05) is 0 Å². The van der Waals surface area contributed by atoms with E-state index in [1.165, 1.54) is 38.1 Å². The quantitative estimate of drug-likeness (QED) is 0.832. The van der Waals surface area contributed by atoms with Crippen molar-refractivity contribution in [2.75, 3.05) is 26.2 Å². The summed E-state index contributed by atoms with van der Waals surface area (Å²) in [5.74, 6) is 0.296. The third kappa shape index (κ3) is 3.73. The van der Waals surface area contributed by atoms with Gasteiger partial charge in [0.15, 0.2) is 0 Å². The van der Waals surface area contributed by atoms with Crippen LogP contribution in [0, 0.1) is 5.82 Å². The Labute approximate surface area is 124 Å². The second kappa shape index (κ2) is 6.73. The van der Waals surface area contributed by atoms with Crippen molar-refractivity contribution in [3.63, 3.8) is 0 Å². The molecule has 0 bridgehead atoms. The van der Waals surface area contributed by atoms with E-state index in [4.69, 9.17) is 4.74 Å². The number of ether oxygens (including phenoxy) is 1. The summed E-state index contributed by atoms with van der Waals surface area (Å²) < 4.78 is 18.2. The minimum absolute atomic E-state index is 0.222. The average Bonchev–Trinajstić information content (AvgIpc) is 3.08. The smallest absolute Gasteiger partial charge is 0.123 e. The molecule has 0 radical (unpaired) electrons. The lowest BCUT2D eigenvalue weighted by Gasteiger charge is -2.22. The minimum atomic E-state index is -0.550. The molecule has 0 aliphatic carbocycles. The Bertz CT molecular complexity index is 454. The third-order valence-corrected chi connectivity index (χ3v) is 4.48. The van der Waals surface area contributed by atoms with Gasteiger partial charge in [-0.15, -0.1) is 0 Å². The molecule has 1 aromatic carbocycles. The Morgan fingerprint density at radius 2 is 2.10 bits per heavy atom. The maximum atomic E-state index is 12.8. The van der Waals surface area contributed by atoms with E-state index in [1.54, 1.807) is 12.1 Å². The fourth-order valence-corrected chi connectivity index (χ4v) is 3.39. The van der Waals surface area contributed by atoms with Crippen LogP contribution in [0.5, 0.6) is 5.75 Å². The van der Waals surface area contributed by atoms with Gasteiger partial charge < -0.3 is 15.2 Å². The van der Waals surface area contributed by atoms with Crippen LogP contribution in [0.1, 0.15) is 19.3 Å². The van der Waals surface area contributed by atoms with Gasteiger partial charge in [0.05, 0.1) is 0 Å². The van der Waals surface area contributed by atoms with E-state index in [2.05, 4.69) is 10.2 Å². The van der Waals surface area contributed by atoms with Crippen molar-refractivity contribution < 1.29 is 14.2 Å². The van der Waals surface area contributed by atoms with Crippen molar-refractivity contribution in [1.82, 2.24) is 10.2 Å². The van der Waals surface area contributed by atoms with Crippen LogP contribution < -0.4 is 10.1 Å². The van der Waals surface area contributed by atoms with Gasteiger partial charge in [-0.3, -0.25) is 4.90 Å². The minimum Gasteiger partial charge on any atom is -0.491 e. The molecular weight excluding hydrogens is 271 g/mol. The molecule has 116 valence electrons. The molecule has 3 rings (SSSR count). The fraction of sp³-hybridized carbons (Fsp3) is 0.625. The summed E-state index contributed by atoms with van der Waals surface area (Å²) in [6.07, 6.45) is 3.17. The molecule has 3 unspecified atom stereocenters. The number of aliphatic hydroxyl groups excluding tert-OH is 1. The molecule has 21 heavy (non-hydrogen) atoms. The fourth-order valence-electron chi connectivity index (χ4n) is 3.39. The number of hydrogen-bond acceptors (Lipinski definition) is 4. The lowest BCUT2D eigenvalue weighted by Crippen LogP contribution is -2.43. The van der Waals surface area contributed by atoms with Crippen molar-refractivity contribution in [2.24, 2.45) is 0 Å². The zero-order valence-corrected chi connectivity index (χ0v) is 12.2. The third-order valence-electron chi connectivity index (χ3n) is 4.48. The molecule has 3 atom stereocenters. The van der Waals surface area contributed by atoms with Crippen molar-refractivity contribution in [3.8, 4) is 5.75 Å². The van der Waals surface area contributed by atoms with Crippen molar-refractivity contribution in [3.05, 3.63) is 30.1 Å². The summed E-state index contributed by atoms with van der Waals surface area (Å²) in [7, 11) is 0. The summed E-state index contributed by atoms with van der Waals surface area (Å²) in [5.41, 5.74) is 0. The van der Waals surface area contributed by atoms with Crippen LogP contribution in [0.3, 0.4) is 0 Å². The van der Waals surface area contributed by atoms with Crippen LogP contribution in [-0.2, 0) is 0 Å². The maximum absolute atomic E-state index is 12.8. The number of aliphatic hydroxyl groups is 1. The molecule has 0 spiro atoms.